The second-order valence-corrected chi connectivity index (χ2v) is 9.46. The molecule has 27 heavy (non-hydrogen) atoms. The average molecular weight is 440 g/mol. The largest absolute Gasteiger partial charge is 1.00 e. The van der Waals surface area contributed by atoms with Crippen molar-refractivity contribution in [3.05, 3.63) is 91.0 Å². The molecular formula is C22H19BrNO2P. The van der Waals surface area contributed by atoms with E-state index >= 15 is 0 Å². The van der Waals surface area contributed by atoms with Gasteiger partial charge >= 0.3 is 0 Å². The van der Waals surface area contributed by atoms with Crippen molar-refractivity contribution in [3.8, 4) is 0 Å². The number of imide groups is 1. The summed E-state index contributed by atoms with van der Waals surface area (Å²) >= 11 is 0. The van der Waals surface area contributed by atoms with E-state index in [2.05, 4.69) is 0 Å². The van der Waals surface area contributed by atoms with Gasteiger partial charge in [0.05, 0.1) is 0 Å². The molecule has 1 aliphatic heterocycles. The number of hydrogen-bond acceptors (Lipinski definition) is 2. The first-order valence-corrected chi connectivity index (χ1v) is 10.4. The third-order valence-electron chi connectivity index (χ3n) is 4.71. The van der Waals surface area contributed by atoms with Gasteiger partial charge in [-0.3, -0.25) is 9.59 Å². The summed E-state index contributed by atoms with van der Waals surface area (Å²) in [5, 5.41) is 3.04. The number of halogens is 1. The van der Waals surface area contributed by atoms with Gasteiger partial charge in [-0.25, -0.2) is 0 Å². The Morgan fingerprint density at radius 3 is 1.15 bits per heavy atom. The summed E-state index contributed by atoms with van der Waals surface area (Å²) in [5.74, 6) is -0.167. The Morgan fingerprint density at radius 1 is 0.556 bits per heavy atom. The van der Waals surface area contributed by atoms with E-state index in [4.69, 9.17) is 0 Å². The summed E-state index contributed by atoms with van der Waals surface area (Å²) < 4.78 is 1.58. The maximum atomic E-state index is 12.9. The third kappa shape index (κ3) is 3.24. The van der Waals surface area contributed by atoms with Gasteiger partial charge in [0.2, 0.25) is 7.41 Å². The molecule has 3 nitrogen and oxygen atoms in total. The van der Waals surface area contributed by atoms with E-state index in [1.165, 1.54) is 0 Å². The molecule has 1 heterocycles. The summed E-state index contributed by atoms with van der Waals surface area (Å²) in [6, 6.07) is 29.9. The second kappa shape index (κ2) is 8.16. The zero-order valence-electron chi connectivity index (χ0n) is 14.7. The van der Waals surface area contributed by atoms with Crippen LogP contribution in [0.3, 0.4) is 0 Å². The van der Waals surface area contributed by atoms with E-state index in [1.807, 2.05) is 91.0 Å². The molecule has 3 aromatic rings. The van der Waals surface area contributed by atoms with Crippen LogP contribution in [0.4, 0.5) is 0 Å². The molecule has 0 spiro atoms. The lowest BCUT2D eigenvalue weighted by Crippen LogP contribution is -3.00. The fourth-order valence-electron chi connectivity index (χ4n) is 3.62. The van der Waals surface area contributed by atoms with Gasteiger partial charge in [-0.2, -0.15) is 0 Å². The van der Waals surface area contributed by atoms with Crippen LogP contribution in [0.2, 0.25) is 0 Å². The number of nitrogens with zero attached hydrogens (tertiary/aromatic N) is 1. The van der Waals surface area contributed by atoms with Crippen LogP contribution in [-0.4, -0.2) is 16.5 Å². The topological polar surface area (TPSA) is 37.4 Å². The van der Waals surface area contributed by atoms with Crippen molar-refractivity contribution in [1.82, 2.24) is 4.67 Å². The van der Waals surface area contributed by atoms with Crippen molar-refractivity contribution in [2.45, 2.75) is 12.8 Å². The highest BCUT2D eigenvalue weighted by molar-refractivity contribution is 7.94. The third-order valence-corrected chi connectivity index (χ3v) is 8.90. The summed E-state index contributed by atoms with van der Waals surface area (Å²) in [4.78, 5) is 25.8. The number of carbonyl (C=O) groups is 2. The minimum atomic E-state index is -2.58. The number of hydrogen-bond donors (Lipinski definition) is 0. The maximum Gasteiger partial charge on any atom is 0.262 e. The number of amides is 2. The lowest BCUT2D eigenvalue weighted by Gasteiger charge is -2.32. The fraction of sp³-hybridized carbons (Fsp3) is 0.0909. The first-order valence-electron chi connectivity index (χ1n) is 8.67. The zero-order chi connectivity index (χ0) is 18.0. The van der Waals surface area contributed by atoms with E-state index in [9.17, 15) is 9.59 Å². The zero-order valence-corrected chi connectivity index (χ0v) is 17.1. The molecule has 0 N–H and O–H groups in total. The molecular weight excluding hydrogens is 421 g/mol. The van der Waals surface area contributed by atoms with E-state index in [-0.39, 0.29) is 41.6 Å². The van der Waals surface area contributed by atoms with Crippen LogP contribution in [0.5, 0.6) is 0 Å². The van der Waals surface area contributed by atoms with Crippen molar-refractivity contribution in [2.75, 3.05) is 0 Å². The predicted octanol–water partition coefficient (Wildman–Crippen LogP) is 0.0485. The number of rotatable bonds is 4. The molecule has 2 amide bonds. The minimum Gasteiger partial charge on any atom is -1.00 e. The molecule has 0 aromatic heterocycles. The smallest absolute Gasteiger partial charge is 0.262 e. The SMILES string of the molecule is O=C1CCC(=O)N1[P+](c1ccccc1)(c1ccccc1)c1ccccc1.[Br-]. The van der Waals surface area contributed by atoms with Crippen LogP contribution in [0.1, 0.15) is 12.8 Å². The quantitative estimate of drug-likeness (QED) is 0.425. The molecule has 3 aromatic carbocycles. The molecule has 0 atom stereocenters. The van der Waals surface area contributed by atoms with Crippen LogP contribution in [-0.2, 0) is 9.59 Å². The highest BCUT2D eigenvalue weighted by Gasteiger charge is 2.58. The monoisotopic (exact) mass is 439 g/mol. The summed E-state index contributed by atoms with van der Waals surface area (Å²) in [5.41, 5.74) is 0. The normalized spacial score (nSPS) is 14.1. The highest BCUT2D eigenvalue weighted by atomic mass is 79.9. The Hall–Kier alpha value is -2.29. The number of benzene rings is 3. The first kappa shape index (κ1) is 19.5. The molecule has 1 aliphatic rings. The van der Waals surface area contributed by atoms with Crippen molar-refractivity contribution in [3.63, 3.8) is 0 Å². The van der Waals surface area contributed by atoms with Crippen LogP contribution in [0.15, 0.2) is 91.0 Å². The molecule has 0 aliphatic carbocycles. The molecule has 4 rings (SSSR count). The van der Waals surface area contributed by atoms with Crippen molar-refractivity contribution < 1.29 is 26.6 Å². The van der Waals surface area contributed by atoms with Gasteiger partial charge in [0.25, 0.3) is 11.8 Å². The summed E-state index contributed by atoms with van der Waals surface area (Å²) in [6.07, 6.45) is 0.570. The number of carbonyl (C=O) groups excluding carboxylic acids is 2. The molecule has 0 bridgehead atoms. The van der Waals surface area contributed by atoms with Crippen molar-refractivity contribution in [2.24, 2.45) is 0 Å². The molecule has 1 saturated heterocycles. The standard InChI is InChI=1S/C22H19NO2P.BrH/c24-21-16-17-22(25)23(21)26(18-10-4-1-5-11-18,19-12-6-2-7-13-19)20-14-8-3-9-15-20;/h1-15H,16-17H2;1H/q+1;/p-1. The van der Waals surface area contributed by atoms with Gasteiger partial charge in [0.15, 0.2) is 0 Å². The maximum absolute atomic E-state index is 12.9. The van der Waals surface area contributed by atoms with Crippen molar-refractivity contribution in [1.29, 1.82) is 0 Å². The Morgan fingerprint density at radius 2 is 0.852 bits per heavy atom. The van der Waals surface area contributed by atoms with Crippen LogP contribution in [0, 0.1) is 0 Å². The minimum absolute atomic E-state index is 0. The summed E-state index contributed by atoms with van der Waals surface area (Å²) in [6.45, 7) is 0. The van der Waals surface area contributed by atoms with Gasteiger partial charge < -0.3 is 17.0 Å². The Kier molecular flexibility index (Phi) is 5.88. The van der Waals surface area contributed by atoms with Crippen LogP contribution < -0.4 is 32.9 Å². The average Bonchev–Trinajstić information content (AvgIpc) is 3.04. The van der Waals surface area contributed by atoms with Gasteiger partial charge in [-0.1, -0.05) is 54.6 Å². The highest BCUT2D eigenvalue weighted by Crippen LogP contribution is 2.60. The lowest BCUT2D eigenvalue weighted by atomic mass is 10.4. The van der Waals surface area contributed by atoms with Gasteiger partial charge in [-0.15, -0.1) is 4.67 Å². The van der Waals surface area contributed by atoms with E-state index in [0.29, 0.717) is 0 Å². The molecule has 1 fully saturated rings. The van der Waals surface area contributed by atoms with E-state index < -0.39 is 7.41 Å². The Balaban J connectivity index is 0.00000210. The Labute approximate surface area is 170 Å². The van der Waals surface area contributed by atoms with Gasteiger partial charge in [-0.05, 0) is 36.4 Å². The van der Waals surface area contributed by atoms with Crippen LogP contribution >= 0.6 is 7.41 Å². The second-order valence-electron chi connectivity index (χ2n) is 6.24. The van der Waals surface area contributed by atoms with Crippen molar-refractivity contribution >= 4 is 35.1 Å². The Bertz CT molecular complexity index is 820. The van der Waals surface area contributed by atoms with Gasteiger partial charge in [0.1, 0.15) is 15.9 Å². The first-order chi connectivity index (χ1) is 12.7. The lowest BCUT2D eigenvalue weighted by molar-refractivity contribution is -0.132. The van der Waals surface area contributed by atoms with Gasteiger partial charge in [0, 0.05) is 12.8 Å². The molecule has 5 heteroatoms. The molecule has 136 valence electrons. The van der Waals surface area contributed by atoms with Crippen LogP contribution in [0.25, 0.3) is 0 Å². The fourth-order valence-corrected chi connectivity index (χ4v) is 7.89. The molecule has 0 radical (unpaired) electrons. The van der Waals surface area contributed by atoms with E-state index in [1.54, 1.807) is 4.67 Å². The molecule has 0 saturated carbocycles. The predicted molar refractivity (Wildman–Crippen MR) is 106 cm³/mol. The summed E-state index contributed by atoms with van der Waals surface area (Å²) in [7, 11) is -2.58. The molecule has 0 unspecified atom stereocenters. The van der Waals surface area contributed by atoms with E-state index in [0.717, 1.165) is 15.9 Å².